The summed E-state index contributed by atoms with van der Waals surface area (Å²) in [5.41, 5.74) is 1.13. The molecule has 180 valence electrons. The molecule has 9 heteroatoms. The van der Waals surface area contributed by atoms with Gasteiger partial charge in [0.15, 0.2) is 17.4 Å². The van der Waals surface area contributed by atoms with Crippen molar-refractivity contribution in [2.75, 3.05) is 10.6 Å². The molecule has 36 heavy (non-hydrogen) atoms. The van der Waals surface area contributed by atoms with Gasteiger partial charge < -0.3 is 15.7 Å². The fourth-order valence-corrected chi connectivity index (χ4v) is 3.64. The largest absolute Gasteiger partial charge is 0.478 e. The van der Waals surface area contributed by atoms with Crippen LogP contribution in [0.1, 0.15) is 36.6 Å². The monoisotopic (exact) mass is 506 g/mol. The zero-order valence-electron chi connectivity index (χ0n) is 18.4. The summed E-state index contributed by atoms with van der Waals surface area (Å²) in [4.78, 5) is 37.2. The molecule has 0 aliphatic rings. The highest BCUT2D eigenvalue weighted by molar-refractivity contribution is 6.34. The third-order valence-electron chi connectivity index (χ3n) is 5.23. The number of halogens is 3. The molecule has 3 N–H and O–H groups in total. The van der Waals surface area contributed by atoms with Crippen LogP contribution in [0.2, 0.25) is 5.02 Å². The average Bonchev–Trinajstić information content (AvgIpc) is 2.86. The zero-order valence-corrected chi connectivity index (χ0v) is 19.1. The number of carboxylic acid groups (broad SMARTS) is 1. The first-order valence-corrected chi connectivity index (χ1v) is 10.9. The van der Waals surface area contributed by atoms with Crippen LogP contribution in [0.5, 0.6) is 0 Å². The van der Waals surface area contributed by atoms with Crippen molar-refractivity contribution in [2.24, 2.45) is 0 Å². The molecule has 0 saturated heterocycles. The summed E-state index contributed by atoms with van der Waals surface area (Å²) in [5, 5.41) is 15.3. The number of amides is 1. The third-order valence-corrected chi connectivity index (χ3v) is 5.56. The molecule has 0 aromatic heterocycles. The van der Waals surface area contributed by atoms with Gasteiger partial charge in [-0.1, -0.05) is 23.7 Å². The Hall–Kier alpha value is -4.56. The first-order valence-electron chi connectivity index (χ1n) is 10.5. The van der Waals surface area contributed by atoms with Crippen molar-refractivity contribution in [1.29, 1.82) is 0 Å². The maximum atomic E-state index is 13.5. The number of hydrogen-bond donors (Lipinski definition) is 3. The van der Waals surface area contributed by atoms with Crippen molar-refractivity contribution in [2.45, 2.75) is 0 Å². The lowest BCUT2D eigenvalue weighted by Gasteiger charge is -2.12. The van der Waals surface area contributed by atoms with E-state index in [9.17, 15) is 28.3 Å². The molecule has 6 nitrogen and oxygen atoms in total. The van der Waals surface area contributed by atoms with Crippen molar-refractivity contribution >= 4 is 46.3 Å². The van der Waals surface area contributed by atoms with Crippen molar-refractivity contribution in [3.8, 4) is 0 Å². The van der Waals surface area contributed by atoms with E-state index >= 15 is 0 Å². The van der Waals surface area contributed by atoms with E-state index < -0.39 is 29.3 Å². The summed E-state index contributed by atoms with van der Waals surface area (Å²) >= 11 is 6.04. The van der Waals surface area contributed by atoms with Gasteiger partial charge in [-0.2, -0.15) is 0 Å². The lowest BCUT2D eigenvalue weighted by Crippen LogP contribution is -2.12. The molecular weight excluding hydrogens is 490 g/mol. The van der Waals surface area contributed by atoms with E-state index in [1.54, 1.807) is 36.4 Å². The van der Waals surface area contributed by atoms with E-state index in [1.165, 1.54) is 36.4 Å². The second-order valence-corrected chi connectivity index (χ2v) is 8.07. The number of benzene rings is 4. The third kappa shape index (κ3) is 5.39. The lowest BCUT2D eigenvalue weighted by molar-refractivity contribution is 0.0697. The van der Waals surface area contributed by atoms with Gasteiger partial charge >= 0.3 is 5.97 Å². The van der Waals surface area contributed by atoms with Crippen LogP contribution in [0.15, 0.2) is 84.9 Å². The maximum Gasteiger partial charge on any atom is 0.337 e. The first-order chi connectivity index (χ1) is 17.2. The molecule has 0 unspecified atom stereocenters. The number of aromatic carboxylic acids is 1. The summed E-state index contributed by atoms with van der Waals surface area (Å²) in [6, 6.07) is 19.7. The molecule has 0 spiro atoms. The topological polar surface area (TPSA) is 95.5 Å². The molecule has 0 aliphatic heterocycles. The zero-order chi connectivity index (χ0) is 25.8. The fourth-order valence-electron chi connectivity index (χ4n) is 3.42. The Balaban J connectivity index is 1.53. The lowest BCUT2D eigenvalue weighted by atomic mass is 10.00. The van der Waals surface area contributed by atoms with Crippen LogP contribution >= 0.6 is 11.6 Å². The summed E-state index contributed by atoms with van der Waals surface area (Å²) in [7, 11) is 0. The summed E-state index contributed by atoms with van der Waals surface area (Å²) in [6.07, 6.45) is 0. The summed E-state index contributed by atoms with van der Waals surface area (Å²) < 4.78 is 26.7. The number of ketones is 1. The van der Waals surface area contributed by atoms with Crippen molar-refractivity contribution < 1.29 is 28.3 Å². The summed E-state index contributed by atoms with van der Waals surface area (Å²) in [5.74, 6) is -4.28. The van der Waals surface area contributed by atoms with Gasteiger partial charge in [0.25, 0.3) is 5.91 Å². The van der Waals surface area contributed by atoms with E-state index in [1.807, 2.05) is 0 Å². The smallest absolute Gasteiger partial charge is 0.337 e. The number of rotatable bonds is 7. The molecule has 4 aromatic carbocycles. The number of hydrogen-bond acceptors (Lipinski definition) is 4. The van der Waals surface area contributed by atoms with Crippen molar-refractivity contribution in [1.82, 2.24) is 0 Å². The van der Waals surface area contributed by atoms with E-state index in [-0.39, 0.29) is 28.1 Å². The van der Waals surface area contributed by atoms with E-state index in [0.29, 0.717) is 16.3 Å². The minimum atomic E-state index is -1.31. The Morgan fingerprint density at radius 3 is 2.06 bits per heavy atom. The van der Waals surface area contributed by atoms with Gasteiger partial charge in [0.1, 0.15) is 0 Å². The number of anilines is 3. The standard InChI is InChI=1S/C27H17ClF2N2O4/c28-21-4-2-1-3-19(21)26(34)32-17-8-5-15(6-9-17)25(33)16-7-12-24(20(13-16)27(35)36)31-18-10-11-22(29)23(30)14-18/h1-14,31H,(H,32,34)(H,35,36). The van der Waals surface area contributed by atoms with Crippen LogP contribution in [0.3, 0.4) is 0 Å². The minimum absolute atomic E-state index is 0.0997. The maximum absolute atomic E-state index is 13.5. The van der Waals surface area contributed by atoms with E-state index in [0.717, 1.165) is 12.1 Å². The van der Waals surface area contributed by atoms with Gasteiger partial charge in [0.05, 0.1) is 21.8 Å². The van der Waals surface area contributed by atoms with Crippen LogP contribution < -0.4 is 10.6 Å². The SMILES string of the molecule is O=C(c1ccc(NC(=O)c2ccccc2Cl)cc1)c1ccc(Nc2ccc(F)c(F)c2)c(C(=O)O)c1. The molecule has 1 amide bonds. The highest BCUT2D eigenvalue weighted by Gasteiger charge is 2.17. The van der Waals surface area contributed by atoms with Gasteiger partial charge in [-0.3, -0.25) is 9.59 Å². The Morgan fingerprint density at radius 1 is 0.722 bits per heavy atom. The molecular formula is C27H17ClF2N2O4. The Labute approximate surface area is 209 Å². The van der Waals surface area contributed by atoms with Crippen LogP contribution in [-0.4, -0.2) is 22.8 Å². The van der Waals surface area contributed by atoms with Crippen LogP contribution in [0.4, 0.5) is 25.8 Å². The Kier molecular flexibility index (Phi) is 7.07. The molecule has 0 aliphatic carbocycles. The second kappa shape index (κ2) is 10.4. The molecule has 0 bridgehead atoms. The average molecular weight is 507 g/mol. The van der Waals surface area contributed by atoms with Gasteiger partial charge in [-0.05, 0) is 66.7 Å². The summed E-state index contributed by atoms with van der Waals surface area (Å²) in [6.45, 7) is 0. The minimum Gasteiger partial charge on any atom is -0.478 e. The van der Waals surface area contributed by atoms with Crippen LogP contribution in [0, 0.1) is 11.6 Å². The number of carboxylic acids is 1. The highest BCUT2D eigenvalue weighted by atomic mass is 35.5. The fraction of sp³-hybridized carbons (Fsp3) is 0. The van der Waals surface area contributed by atoms with E-state index in [2.05, 4.69) is 10.6 Å². The van der Waals surface area contributed by atoms with Gasteiger partial charge in [-0.15, -0.1) is 0 Å². The van der Waals surface area contributed by atoms with Gasteiger partial charge in [-0.25, -0.2) is 13.6 Å². The molecule has 4 aromatic rings. The van der Waals surface area contributed by atoms with Gasteiger partial charge in [0, 0.05) is 28.6 Å². The molecule has 0 saturated carbocycles. The van der Waals surface area contributed by atoms with Crippen molar-refractivity contribution in [3.63, 3.8) is 0 Å². The Bertz CT molecular complexity index is 1490. The predicted octanol–water partition coefficient (Wildman–Crippen LogP) is 6.54. The number of carbonyl (C=O) groups excluding carboxylic acids is 2. The molecule has 0 fully saturated rings. The molecule has 0 heterocycles. The Morgan fingerprint density at radius 2 is 1.39 bits per heavy atom. The predicted molar refractivity (Wildman–Crippen MR) is 132 cm³/mol. The highest BCUT2D eigenvalue weighted by Crippen LogP contribution is 2.25. The second-order valence-electron chi connectivity index (χ2n) is 7.66. The quantitative estimate of drug-likeness (QED) is 0.247. The first kappa shape index (κ1) is 24.6. The number of nitrogens with one attached hydrogen (secondary N) is 2. The van der Waals surface area contributed by atoms with Crippen LogP contribution in [0.25, 0.3) is 0 Å². The van der Waals surface area contributed by atoms with Gasteiger partial charge in [0.2, 0.25) is 0 Å². The number of carbonyl (C=O) groups is 3. The molecule has 4 rings (SSSR count). The molecule has 0 radical (unpaired) electrons. The van der Waals surface area contributed by atoms with Crippen molar-refractivity contribution in [3.05, 3.63) is 124 Å². The van der Waals surface area contributed by atoms with Crippen LogP contribution in [-0.2, 0) is 0 Å². The molecule has 0 atom stereocenters. The van der Waals surface area contributed by atoms with E-state index in [4.69, 9.17) is 11.6 Å². The normalized spacial score (nSPS) is 10.5.